The van der Waals surface area contributed by atoms with Crippen LogP contribution in [0.3, 0.4) is 0 Å². The fourth-order valence-corrected chi connectivity index (χ4v) is 2.05. The monoisotopic (exact) mass is 286 g/mol. The molecule has 1 heterocycles. The largest absolute Gasteiger partial charge is 0.480 e. The van der Waals surface area contributed by atoms with Crippen LogP contribution in [0, 0.1) is 11.6 Å². The van der Waals surface area contributed by atoms with E-state index in [1.807, 2.05) is 0 Å². The molecule has 1 saturated heterocycles. The maximum absolute atomic E-state index is 13.4. The summed E-state index contributed by atoms with van der Waals surface area (Å²) in [5.41, 5.74) is -0.262. The molecular weight excluding hydrogens is 274 g/mol. The molecule has 1 aromatic carbocycles. The molecule has 0 radical (unpaired) electrons. The molecule has 0 bridgehead atoms. The third-order valence-corrected chi connectivity index (χ3v) is 3.00. The Bertz CT molecular complexity index is 552. The molecule has 20 heavy (non-hydrogen) atoms. The van der Waals surface area contributed by atoms with Crippen molar-refractivity contribution in [3.05, 3.63) is 29.8 Å². The number of nitrogens with zero attached hydrogens (tertiary/aromatic N) is 1. The average molecular weight is 286 g/mol. The van der Waals surface area contributed by atoms with Gasteiger partial charge in [0.1, 0.15) is 17.7 Å². The van der Waals surface area contributed by atoms with E-state index in [9.17, 15) is 23.5 Å². The second-order valence-electron chi connectivity index (χ2n) is 4.45. The van der Waals surface area contributed by atoms with Crippen LogP contribution in [0.25, 0.3) is 0 Å². The molecule has 108 valence electrons. The van der Waals surface area contributed by atoms with Crippen LogP contribution in [-0.4, -0.2) is 45.8 Å². The molecule has 2 amide bonds. The number of likely N-dealkylation sites (tertiary alicyclic amines) is 1. The first-order valence-electron chi connectivity index (χ1n) is 5.82. The van der Waals surface area contributed by atoms with Gasteiger partial charge in [0, 0.05) is 19.0 Å². The standard InChI is InChI=1S/C12H12F2N2O4/c13-6-1-2-9(8(14)3-6)15-12(20)16-5-7(17)4-10(16)11(18)19/h1-3,7,10,17H,4-5H2,(H,15,20)(H,18,19). The number of rotatable bonds is 2. The number of hydrogen-bond acceptors (Lipinski definition) is 3. The maximum atomic E-state index is 13.4. The molecule has 1 aliphatic rings. The van der Waals surface area contributed by atoms with Gasteiger partial charge in [-0.25, -0.2) is 18.4 Å². The minimum atomic E-state index is -1.25. The molecule has 2 rings (SSSR count). The Balaban J connectivity index is 2.13. The van der Waals surface area contributed by atoms with Crippen molar-refractivity contribution in [2.45, 2.75) is 18.6 Å². The zero-order valence-corrected chi connectivity index (χ0v) is 10.2. The zero-order chi connectivity index (χ0) is 14.9. The topological polar surface area (TPSA) is 89.9 Å². The SMILES string of the molecule is O=C(O)C1CC(O)CN1C(=O)Nc1ccc(F)cc1F. The van der Waals surface area contributed by atoms with Gasteiger partial charge in [0.25, 0.3) is 0 Å². The molecule has 0 saturated carbocycles. The lowest BCUT2D eigenvalue weighted by Gasteiger charge is -2.21. The number of aliphatic hydroxyl groups is 1. The van der Waals surface area contributed by atoms with Crippen LogP contribution in [0.1, 0.15) is 6.42 Å². The number of β-amino-alcohol motifs (C(OH)–C–C–N with tert-alkyl or cyclic N) is 1. The minimum Gasteiger partial charge on any atom is -0.480 e. The van der Waals surface area contributed by atoms with Gasteiger partial charge in [-0.3, -0.25) is 0 Å². The lowest BCUT2D eigenvalue weighted by molar-refractivity contribution is -0.141. The molecule has 0 aliphatic carbocycles. The fraction of sp³-hybridized carbons (Fsp3) is 0.333. The Hall–Kier alpha value is -2.22. The number of halogens is 2. The van der Waals surface area contributed by atoms with Crippen molar-refractivity contribution in [3.63, 3.8) is 0 Å². The number of anilines is 1. The number of nitrogens with one attached hydrogen (secondary N) is 1. The number of carbonyl (C=O) groups is 2. The minimum absolute atomic E-state index is 0.0886. The second-order valence-corrected chi connectivity index (χ2v) is 4.45. The van der Waals surface area contributed by atoms with Gasteiger partial charge in [-0.1, -0.05) is 0 Å². The van der Waals surface area contributed by atoms with Crippen molar-refractivity contribution in [2.24, 2.45) is 0 Å². The number of urea groups is 1. The van der Waals surface area contributed by atoms with Gasteiger partial charge in [-0.15, -0.1) is 0 Å². The number of carboxylic acid groups (broad SMARTS) is 1. The van der Waals surface area contributed by atoms with Crippen molar-refractivity contribution >= 4 is 17.7 Å². The summed E-state index contributed by atoms with van der Waals surface area (Å²) >= 11 is 0. The van der Waals surface area contributed by atoms with E-state index >= 15 is 0 Å². The van der Waals surface area contributed by atoms with Crippen molar-refractivity contribution in [3.8, 4) is 0 Å². The lowest BCUT2D eigenvalue weighted by atomic mass is 10.2. The van der Waals surface area contributed by atoms with E-state index in [0.29, 0.717) is 6.07 Å². The smallest absolute Gasteiger partial charge is 0.326 e. The molecule has 0 aromatic heterocycles. The van der Waals surface area contributed by atoms with Crippen LogP contribution in [0.5, 0.6) is 0 Å². The summed E-state index contributed by atoms with van der Waals surface area (Å²) in [5, 5.41) is 20.5. The van der Waals surface area contributed by atoms with Gasteiger partial charge in [0.15, 0.2) is 0 Å². The lowest BCUT2D eigenvalue weighted by Crippen LogP contribution is -2.43. The number of hydrogen-bond donors (Lipinski definition) is 3. The zero-order valence-electron chi connectivity index (χ0n) is 10.2. The van der Waals surface area contributed by atoms with Crippen LogP contribution in [-0.2, 0) is 4.79 Å². The summed E-state index contributed by atoms with van der Waals surface area (Å²) in [5.74, 6) is -3.01. The Labute approximate surface area is 112 Å². The van der Waals surface area contributed by atoms with Crippen LogP contribution in [0.4, 0.5) is 19.3 Å². The molecule has 2 unspecified atom stereocenters. The Morgan fingerprint density at radius 1 is 1.35 bits per heavy atom. The predicted octanol–water partition coefficient (Wildman–Crippen LogP) is 1.02. The summed E-state index contributed by atoms with van der Waals surface area (Å²) in [6.07, 6.45) is -1.03. The highest BCUT2D eigenvalue weighted by Gasteiger charge is 2.39. The van der Waals surface area contributed by atoms with Crippen molar-refractivity contribution < 1.29 is 28.6 Å². The number of aliphatic carboxylic acids is 1. The molecule has 6 nitrogen and oxygen atoms in total. The van der Waals surface area contributed by atoms with Crippen LogP contribution < -0.4 is 5.32 Å². The summed E-state index contributed by atoms with van der Waals surface area (Å²) < 4.78 is 26.1. The van der Waals surface area contributed by atoms with Crippen molar-refractivity contribution in [2.75, 3.05) is 11.9 Å². The second kappa shape index (κ2) is 5.41. The highest BCUT2D eigenvalue weighted by molar-refractivity contribution is 5.92. The van der Waals surface area contributed by atoms with E-state index in [4.69, 9.17) is 5.11 Å². The predicted molar refractivity (Wildman–Crippen MR) is 64.1 cm³/mol. The molecular formula is C12H12F2N2O4. The number of amides is 2. The van der Waals surface area contributed by atoms with E-state index in [1.54, 1.807) is 0 Å². The van der Waals surface area contributed by atoms with Gasteiger partial charge < -0.3 is 20.4 Å². The first-order valence-corrected chi connectivity index (χ1v) is 5.82. The van der Waals surface area contributed by atoms with Gasteiger partial charge in [-0.05, 0) is 12.1 Å². The van der Waals surface area contributed by atoms with Gasteiger partial charge in [0.2, 0.25) is 0 Å². The Morgan fingerprint density at radius 2 is 2.05 bits per heavy atom. The van der Waals surface area contributed by atoms with E-state index in [2.05, 4.69) is 5.32 Å². The molecule has 1 fully saturated rings. The number of benzene rings is 1. The molecule has 8 heteroatoms. The first kappa shape index (κ1) is 14.2. The number of carboxylic acids is 1. The fourth-order valence-electron chi connectivity index (χ4n) is 2.05. The first-order chi connectivity index (χ1) is 9.38. The maximum Gasteiger partial charge on any atom is 0.326 e. The highest BCUT2D eigenvalue weighted by Crippen LogP contribution is 2.21. The molecule has 0 spiro atoms. The summed E-state index contributed by atoms with van der Waals surface area (Å²) in [6.45, 7) is -0.161. The van der Waals surface area contributed by atoms with Crippen molar-refractivity contribution in [1.29, 1.82) is 0 Å². The van der Waals surface area contributed by atoms with Crippen LogP contribution in [0.2, 0.25) is 0 Å². The van der Waals surface area contributed by atoms with E-state index in [0.717, 1.165) is 17.0 Å². The Morgan fingerprint density at radius 3 is 2.65 bits per heavy atom. The summed E-state index contributed by atoms with van der Waals surface area (Å²) in [7, 11) is 0. The van der Waals surface area contributed by atoms with Crippen molar-refractivity contribution in [1.82, 2.24) is 4.90 Å². The van der Waals surface area contributed by atoms with E-state index < -0.39 is 35.8 Å². The quantitative estimate of drug-likeness (QED) is 0.757. The van der Waals surface area contributed by atoms with E-state index in [1.165, 1.54) is 0 Å². The third-order valence-electron chi connectivity index (χ3n) is 3.00. The van der Waals surface area contributed by atoms with Gasteiger partial charge in [0.05, 0.1) is 11.8 Å². The molecule has 2 atom stereocenters. The number of carbonyl (C=O) groups excluding carboxylic acids is 1. The van der Waals surface area contributed by atoms with Crippen LogP contribution in [0.15, 0.2) is 18.2 Å². The van der Waals surface area contributed by atoms with Crippen LogP contribution >= 0.6 is 0 Å². The third kappa shape index (κ3) is 2.85. The molecule has 3 N–H and O–H groups in total. The molecule has 1 aliphatic heterocycles. The average Bonchev–Trinajstić information content (AvgIpc) is 2.75. The Kier molecular flexibility index (Phi) is 3.84. The van der Waals surface area contributed by atoms with E-state index in [-0.39, 0.29) is 18.7 Å². The summed E-state index contributed by atoms with van der Waals surface area (Å²) in [4.78, 5) is 23.8. The highest BCUT2D eigenvalue weighted by atomic mass is 19.1. The normalized spacial score (nSPS) is 21.9. The van der Waals surface area contributed by atoms with Gasteiger partial charge >= 0.3 is 12.0 Å². The number of aliphatic hydroxyl groups excluding tert-OH is 1. The summed E-state index contributed by atoms with van der Waals surface area (Å²) in [6, 6.07) is 0.563. The molecule has 1 aromatic rings. The van der Waals surface area contributed by atoms with Gasteiger partial charge in [-0.2, -0.15) is 0 Å².